The summed E-state index contributed by atoms with van der Waals surface area (Å²) < 4.78 is 0.912. The van der Waals surface area contributed by atoms with Gasteiger partial charge >= 0.3 is 0 Å². The molecule has 0 saturated heterocycles. The first kappa shape index (κ1) is 20.2. The summed E-state index contributed by atoms with van der Waals surface area (Å²) in [4.78, 5) is 39.1. The predicted molar refractivity (Wildman–Crippen MR) is 120 cm³/mol. The number of halogens is 1. The molecule has 4 rings (SSSR count). The minimum absolute atomic E-state index is 0.0380. The van der Waals surface area contributed by atoms with Crippen LogP contribution >= 0.6 is 15.9 Å². The van der Waals surface area contributed by atoms with Gasteiger partial charge in [-0.05, 0) is 29.8 Å². The van der Waals surface area contributed by atoms with Gasteiger partial charge in [0.05, 0.1) is 5.69 Å². The summed E-state index contributed by atoms with van der Waals surface area (Å²) in [6.45, 7) is 0. The standard InChI is InChI=1S/C25H20BrNO3/c26-18-12-10-16(11-13-18)20(14-23(28)17-6-2-1-3-7-17)21-15-24(29)27-22-9-5-4-8-19(22)25(21)30/h1-13,20-21H,14-15H2,(H,27,29). The SMILES string of the molecule is O=C1CC(C(CC(=O)c2ccccc2)c2ccc(Br)cc2)C(=O)c2ccccc2N1. The Hall–Kier alpha value is -3.05. The van der Waals surface area contributed by atoms with Gasteiger partial charge in [0.2, 0.25) is 5.91 Å². The summed E-state index contributed by atoms with van der Waals surface area (Å²) in [6.07, 6.45) is 0.188. The van der Waals surface area contributed by atoms with Crippen molar-refractivity contribution in [2.45, 2.75) is 18.8 Å². The molecular formula is C25H20BrNO3. The number of fused-ring (bicyclic) bond motifs is 1. The average Bonchev–Trinajstić information content (AvgIpc) is 2.89. The van der Waals surface area contributed by atoms with Crippen LogP contribution in [0.3, 0.4) is 0 Å². The zero-order chi connectivity index (χ0) is 21.1. The molecule has 1 amide bonds. The van der Waals surface area contributed by atoms with Crippen LogP contribution in [0.5, 0.6) is 0 Å². The van der Waals surface area contributed by atoms with Crippen molar-refractivity contribution in [2.24, 2.45) is 5.92 Å². The third-order valence-electron chi connectivity index (χ3n) is 5.49. The topological polar surface area (TPSA) is 63.2 Å². The Morgan fingerprint density at radius 3 is 2.33 bits per heavy atom. The van der Waals surface area contributed by atoms with Gasteiger partial charge in [-0.3, -0.25) is 14.4 Å². The number of amides is 1. The van der Waals surface area contributed by atoms with Crippen LogP contribution in [0, 0.1) is 5.92 Å². The van der Waals surface area contributed by atoms with E-state index in [1.807, 2.05) is 42.5 Å². The van der Waals surface area contributed by atoms with Crippen LogP contribution in [-0.4, -0.2) is 17.5 Å². The second-order valence-corrected chi connectivity index (χ2v) is 8.34. The van der Waals surface area contributed by atoms with Crippen molar-refractivity contribution in [3.8, 4) is 0 Å². The molecule has 2 atom stereocenters. The maximum absolute atomic E-state index is 13.5. The van der Waals surface area contributed by atoms with Gasteiger partial charge in [0, 0.05) is 40.3 Å². The average molecular weight is 462 g/mol. The summed E-state index contributed by atoms with van der Waals surface area (Å²) in [5, 5.41) is 2.83. The molecule has 0 radical (unpaired) electrons. The molecule has 2 unspecified atom stereocenters. The van der Waals surface area contributed by atoms with Gasteiger partial charge in [-0.15, -0.1) is 0 Å². The third kappa shape index (κ3) is 4.26. The molecule has 1 aliphatic rings. The molecule has 0 aliphatic carbocycles. The summed E-state index contributed by atoms with van der Waals surface area (Å²) in [5.41, 5.74) is 2.49. The van der Waals surface area contributed by atoms with Crippen LogP contribution in [0.15, 0.2) is 83.3 Å². The van der Waals surface area contributed by atoms with Crippen LogP contribution < -0.4 is 5.32 Å². The number of anilines is 1. The monoisotopic (exact) mass is 461 g/mol. The lowest BCUT2D eigenvalue weighted by Gasteiger charge is -2.25. The molecule has 0 fully saturated rings. The summed E-state index contributed by atoms with van der Waals surface area (Å²) in [7, 11) is 0. The van der Waals surface area contributed by atoms with Gasteiger partial charge in [0.25, 0.3) is 0 Å². The molecule has 4 nitrogen and oxygen atoms in total. The predicted octanol–water partition coefficient (Wildman–Crippen LogP) is 5.65. The number of nitrogens with one attached hydrogen (secondary N) is 1. The highest BCUT2D eigenvalue weighted by atomic mass is 79.9. The molecule has 30 heavy (non-hydrogen) atoms. The number of ketones is 2. The molecule has 1 aliphatic heterocycles. The summed E-state index contributed by atoms with van der Waals surface area (Å²) in [5.74, 6) is -1.41. The van der Waals surface area contributed by atoms with Crippen molar-refractivity contribution in [3.63, 3.8) is 0 Å². The Bertz CT molecular complexity index is 1090. The quantitative estimate of drug-likeness (QED) is 0.499. The van der Waals surface area contributed by atoms with Crippen molar-refractivity contribution in [1.29, 1.82) is 0 Å². The molecule has 3 aromatic rings. The van der Waals surface area contributed by atoms with E-state index in [-0.39, 0.29) is 30.3 Å². The zero-order valence-electron chi connectivity index (χ0n) is 16.2. The van der Waals surface area contributed by atoms with E-state index in [0.29, 0.717) is 16.8 Å². The first-order valence-electron chi connectivity index (χ1n) is 9.80. The van der Waals surface area contributed by atoms with Crippen LogP contribution in [0.4, 0.5) is 5.69 Å². The van der Waals surface area contributed by atoms with Gasteiger partial charge in [-0.25, -0.2) is 0 Å². The van der Waals surface area contributed by atoms with Crippen molar-refractivity contribution in [3.05, 3.63) is 100 Å². The molecule has 0 bridgehead atoms. The third-order valence-corrected chi connectivity index (χ3v) is 6.02. The molecule has 0 aromatic heterocycles. The largest absolute Gasteiger partial charge is 0.325 e. The Labute approximate surface area is 183 Å². The van der Waals surface area contributed by atoms with E-state index in [4.69, 9.17) is 0 Å². The lowest BCUT2D eigenvalue weighted by Crippen LogP contribution is -2.26. The number of carbonyl (C=O) groups excluding carboxylic acids is 3. The molecule has 5 heteroatoms. The fraction of sp³-hybridized carbons (Fsp3) is 0.160. The molecule has 3 aromatic carbocycles. The Kier molecular flexibility index (Phi) is 5.91. The normalized spacial score (nSPS) is 16.9. The van der Waals surface area contributed by atoms with Gasteiger partial charge in [0.1, 0.15) is 0 Å². The first-order valence-corrected chi connectivity index (χ1v) is 10.6. The van der Waals surface area contributed by atoms with Crippen molar-refractivity contribution >= 4 is 39.1 Å². The maximum atomic E-state index is 13.5. The van der Waals surface area contributed by atoms with Gasteiger partial charge in [-0.2, -0.15) is 0 Å². The van der Waals surface area contributed by atoms with E-state index in [2.05, 4.69) is 21.2 Å². The van der Waals surface area contributed by atoms with E-state index in [9.17, 15) is 14.4 Å². The van der Waals surface area contributed by atoms with E-state index in [1.165, 1.54) is 0 Å². The molecule has 1 heterocycles. The molecule has 150 valence electrons. The Morgan fingerprint density at radius 1 is 0.933 bits per heavy atom. The second-order valence-electron chi connectivity index (χ2n) is 7.42. The van der Waals surface area contributed by atoms with E-state index in [1.54, 1.807) is 36.4 Å². The Morgan fingerprint density at radius 2 is 1.60 bits per heavy atom. The summed E-state index contributed by atoms with van der Waals surface area (Å²) >= 11 is 3.44. The number of para-hydroxylation sites is 1. The Balaban J connectivity index is 1.75. The highest BCUT2D eigenvalue weighted by Gasteiger charge is 2.36. The fourth-order valence-corrected chi connectivity index (χ4v) is 4.23. The van der Waals surface area contributed by atoms with Crippen molar-refractivity contribution in [2.75, 3.05) is 5.32 Å². The summed E-state index contributed by atoms with van der Waals surface area (Å²) in [6, 6.07) is 23.7. The highest BCUT2D eigenvalue weighted by Crippen LogP contribution is 2.38. The van der Waals surface area contributed by atoms with E-state index < -0.39 is 11.8 Å². The van der Waals surface area contributed by atoms with Crippen LogP contribution in [-0.2, 0) is 4.79 Å². The number of hydrogen-bond donors (Lipinski definition) is 1. The molecule has 0 saturated carbocycles. The first-order chi connectivity index (χ1) is 14.5. The van der Waals surface area contributed by atoms with Crippen LogP contribution in [0.1, 0.15) is 45.0 Å². The minimum atomic E-state index is -0.623. The molecule has 1 N–H and O–H groups in total. The lowest BCUT2D eigenvalue weighted by molar-refractivity contribution is -0.116. The number of carbonyl (C=O) groups is 3. The van der Waals surface area contributed by atoms with Gasteiger partial charge in [-0.1, -0.05) is 70.5 Å². The van der Waals surface area contributed by atoms with E-state index >= 15 is 0 Å². The van der Waals surface area contributed by atoms with Crippen LogP contribution in [0.25, 0.3) is 0 Å². The van der Waals surface area contributed by atoms with Gasteiger partial charge < -0.3 is 5.32 Å². The van der Waals surface area contributed by atoms with Crippen LogP contribution in [0.2, 0.25) is 0 Å². The molecular weight excluding hydrogens is 442 g/mol. The van der Waals surface area contributed by atoms with Crippen molar-refractivity contribution in [1.82, 2.24) is 0 Å². The zero-order valence-corrected chi connectivity index (χ0v) is 17.8. The number of Topliss-reactive ketones (excluding diaryl/α,β-unsaturated/α-hetero) is 2. The van der Waals surface area contributed by atoms with E-state index in [0.717, 1.165) is 10.0 Å². The minimum Gasteiger partial charge on any atom is -0.325 e. The second kappa shape index (κ2) is 8.76. The van der Waals surface area contributed by atoms with Crippen molar-refractivity contribution < 1.29 is 14.4 Å². The fourth-order valence-electron chi connectivity index (χ4n) is 3.97. The smallest absolute Gasteiger partial charge is 0.225 e. The highest BCUT2D eigenvalue weighted by molar-refractivity contribution is 9.10. The van der Waals surface area contributed by atoms with Gasteiger partial charge in [0.15, 0.2) is 11.6 Å². The maximum Gasteiger partial charge on any atom is 0.225 e. The number of rotatable bonds is 5. The number of hydrogen-bond acceptors (Lipinski definition) is 3. The lowest BCUT2D eigenvalue weighted by atomic mass is 9.76. The number of benzene rings is 3. The molecule has 0 spiro atoms.